The van der Waals surface area contributed by atoms with E-state index in [-0.39, 0.29) is 0 Å². The van der Waals surface area contributed by atoms with Crippen LogP contribution in [0.1, 0.15) is 25.5 Å². The molecular formula is C22H21N3O4S. The molecule has 1 N–H and O–H groups in total. The number of nitrogens with one attached hydrogen (secondary N) is 1. The highest BCUT2D eigenvalue weighted by molar-refractivity contribution is 7.15. The second-order valence-electron chi connectivity index (χ2n) is 6.89. The predicted octanol–water partition coefficient (Wildman–Crippen LogP) is 3.64. The molecule has 4 rings (SSSR count). The van der Waals surface area contributed by atoms with Crippen LogP contribution in [0.2, 0.25) is 0 Å². The summed E-state index contributed by atoms with van der Waals surface area (Å²) in [4.78, 5) is 31.3. The van der Waals surface area contributed by atoms with E-state index in [0.29, 0.717) is 28.2 Å². The molecule has 1 aromatic carbocycles. The number of fused-ring (bicyclic) bond motifs is 1. The summed E-state index contributed by atoms with van der Waals surface area (Å²) in [6.07, 6.45) is 1.89. The van der Waals surface area contributed by atoms with Crippen molar-refractivity contribution in [1.82, 2.24) is 14.7 Å². The number of carbonyl (C=O) groups excluding carboxylic acids is 2. The van der Waals surface area contributed by atoms with Gasteiger partial charge in [-0.1, -0.05) is 30.3 Å². The fourth-order valence-electron chi connectivity index (χ4n) is 3.92. The highest BCUT2D eigenvalue weighted by Crippen LogP contribution is 2.43. The first-order chi connectivity index (χ1) is 14.5. The average molecular weight is 423 g/mol. The Balaban J connectivity index is 2.07. The topological polar surface area (TPSA) is 81.9 Å². The molecule has 0 unspecified atom stereocenters. The smallest absolute Gasteiger partial charge is 0.336 e. The quantitative estimate of drug-likeness (QED) is 0.645. The fourth-order valence-corrected chi connectivity index (χ4v) is 4.64. The molecule has 0 saturated heterocycles. The molecule has 0 fully saturated rings. The van der Waals surface area contributed by atoms with Crippen molar-refractivity contribution in [3.8, 4) is 11.3 Å². The fraction of sp³-hybridized carbons (Fsp3) is 0.227. The van der Waals surface area contributed by atoms with E-state index in [9.17, 15) is 9.59 Å². The second-order valence-corrected chi connectivity index (χ2v) is 7.76. The number of hydrogen-bond acceptors (Lipinski definition) is 7. The first-order valence-corrected chi connectivity index (χ1v) is 10.2. The summed E-state index contributed by atoms with van der Waals surface area (Å²) in [5.41, 5.74) is 4.28. The van der Waals surface area contributed by atoms with Gasteiger partial charge in [-0.3, -0.25) is 4.40 Å². The van der Waals surface area contributed by atoms with Crippen molar-refractivity contribution in [2.45, 2.75) is 19.8 Å². The maximum absolute atomic E-state index is 12.8. The van der Waals surface area contributed by atoms with Gasteiger partial charge in [0.15, 0.2) is 4.96 Å². The molecule has 8 heteroatoms. The maximum Gasteiger partial charge on any atom is 0.336 e. The summed E-state index contributed by atoms with van der Waals surface area (Å²) < 4.78 is 12.1. The van der Waals surface area contributed by atoms with Gasteiger partial charge < -0.3 is 14.8 Å². The molecule has 154 valence electrons. The van der Waals surface area contributed by atoms with Crippen molar-refractivity contribution < 1.29 is 19.1 Å². The lowest BCUT2D eigenvalue weighted by Gasteiger charge is -2.30. The summed E-state index contributed by atoms with van der Waals surface area (Å²) >= 11 is 1.49. The number of allylic oxidation sites excluding steroid dienone is 2. The third kappa shape index (κ3) is 3.09. The van der Waals surface area contributed by atoms with Crippen molar-refractivity contribution in [2.24, 2.45) is 0 Å². The Labute approximate surface area is 177 Å². The third-order valence-electron chi connectivity index (χ3n) is 5.19. The van der Waals surface area contributed by atoms with E-state index in [1.807, 2.05) is 46.3 Å². The first-order valence-electron chi connectivity index (χ1n) is 9.34. The number of imidazole rings is 1. The van der Waals surface area contributed by atoms with Crippen LogP contribution in [0, 0.1) is 0 Å². The zero-order chi connectivity index (χ0) is 21.4. The Kier molecular flexibility index (Phi) is 5.17. The largest absolute Gasteiger partial charge is 0.466 e. The van der Waals surface area contributed by atoms with E-state index in [4.69, 9.17) is 14.5 Å². The number of hydrogen-bond donors (Lipinski definition) is 1. The Hall–Kier alpha value is -3.39. The molecule has 0 radical (unpaired) electrons. The number of esters is 2. The molecule has 30 heavy (non-hydrogen) atoms. The van der Waals surface area contributed by atoms with Gasteiger partial charge in [-0.05, 0) is 13.8 Å². The van der Waals surface area contributed by atoms with Gasteiger partial charge in [0.2, 0.25) is 0 Å². The number of nitrogens with zero attached hydrogens (tertiary/aromatic N) is 2. The molecule has 2 aromatic heterocycles. The van der Waals surface area contributed by atoms with E-state index in [0.717, 1.165) is 16.2 Å². The highest BCUT2D eigenvalue weighted by atomic mass is 32.1. The molecule has 1 aliphatic heterocycles. The summed E-state index contributed by atoms with van der Waals surface area (Å²) in [6.45, 7) is 3.59. The molecule has 0 spiro atoms. The maximum atomic E-state index is 12.8. The minimum Gasteiger partial charge on any atom is -0.466 e. The van der Waals surface area contributed by atoms with Crippen LogP contribution in [0.25, 0.3) is 16.2 Å². The minimum absolute atomic E-state index is 0.355. The van der Waals surface area contributed by atoms with E-state index in [2.05, 4.69) is 5.32 Å². The standard InChI is InChI=1S/C22H21N3O4S/c1-12-15(20(26)28-3)17(16(13(2)23-12)21(27)29-4)19-18(14-8-6-5-7-9-14)24-22-25(19)10-11-30-22/h5-11,17,23H,1-4H3. The summed E-state index contributed by atoms with van der Waals surface area (Å²) in [6, 6.07) is 9.71. The lowest BCUT2D eigenvalue weighted by molar-refractivity contribution is -0.137. The molecule has 0 amide bonds. The van der Waals surface area contributed by atoms with Crippen LogP contribution in [0.5, 0.6) is 0 Å². The molecule has 0 bridgehead atoms. The normalized spacial score (nSPS) is 14.8. The number of methoxy groups -OCH3 is 2. The number of ether oxygens (including phenoxy) is 2. The van der Waals surface area contributed by atoms with Gasteiger partial charge in [-0.2, -0.15) is 0 Å². The molecule has 7 nitrogen and oxygen atoms in total. The van der Waals surface area contributed by atoms with Crippen molar-refractivity contribution >= 4 is 28.2 Å². The van der Waals surface area contributed by atoms with Crippen LogP contribution in [-0.2, 0) is 19.1 Å². The molecule has 0 aliphatic carbocycles. The Bertz CT molecular complexity index is 1170. The van der Waals surface area contributed by atoms with Crippen molar-refractivity contribution in [3.63, 3.8) is 0 Å². The van der Waals surface area contributed by atoms with Crippen LogP contribution >= 0.6 is 11.3 Å². The number of dihydropyridines is 1. The highest BCUT2D eigenvalue weighted by Gasteiger charge is 2.41. The molecule has 0 atom stereocenters. The minimum atomic E-state index is -0.703. The van der Waals surface area contributed by atoms with E-state index >= 15 is 0 Å². The zero-order valence-corrected chi connectivity index (χ0v) is 17.9. The van der Waals surface area contributed by atoms with E-state index in [1.54, 1.807) is 13.8 Å². The van der Waals surface area contributed by atoms with E-state index < -0.39 is 17.9 Å². The van der Waals surface area contributed by atoms with Crippen molar-refractivity contribution in [3.05, 3.63) is 70.1 Å². The Morgan fingerprint density at radius 3 is 2.20 bits per heavy atom. The molecule has 1 aliphatic rings. The van der Waals surface area contributed by atoms with Gasteiger partial charge in [0.25, 0.3) is 0 Å². The lowest BCUT2D eigenvalue weighted by atomic mass is 9.81. The Morgan fingerprint density at radius 2 is 1.63 bits per heavy atom. The van der Waals surface area contributed by atoms with Gasteiger partial charge in [0, 0.05) is 28.5 Å². The molecular weight excluding hydrogens is 402 g/mol. The van der Waals surface area contributed by atoms with Gasteiger partial charge in [0.05, 0.1) is 42.7 Å². The zero-order valence-electron chi connectivity index (χ0n) is 17.1. The predicted molar refractivity (Wildman–Crippen MR) is 114 cm³/mol. The Morgan fingerprint density at radius 1 is 1.03 bits per heavy atom. The molecule has 3 heterocycles. The number of rotatable bonds is 4. The number of aromatic nitrogens is 2. The SMILES string of the molecule is COC(=O)C1=C(C)NC(C)=C(C(=O)OC)C1c1c(-c2ccccc2)nc2sccn12. The average Bonchev–Trinajstić information content (AvgIpc) is 3.34. The second kappa shape index (κ2) is 7.79. The number of benzene rings is 1. The monoisotopic (exact) mass is 423 g/mol. The van der Waals surface area contributed by atoms with Crippen LogP contribution in [-0.4, -0.2) is 35.5 Å². The van der Waals surface area contributed by atoms with Crippen LogP contribution in [0.15, 0.2) is 64.4 Å². The lowest BCUT2D eigenvalue weighted by Crippen LogP contribution is -2.32. The summed E-state index contributed by atoms with van der Waals surface area (Å²) in [5, 5.41) is 5.05. The van der Waals surface area contributed by atoms with Gasteiger partial charge in [-0.25, -0.2) is 14.6 Å². The summed E-state index contributed by atoms with van der Waals surface area (Å²) in [5.74, 6) is -1.72. The molecule has 3 aromatic rings. The summed E-state index contributed by atoms with van der Waals surface area (Å²) in [7, 11) is 2.66. The van der Waals surface area contributed by atoms with Crippen LogP contribution in [0.3, 0.4) is 0 Å². The van der Waals surface area contributed by atoms with Gasteiger partial charge in [-0.15, -0.1) is 11.3 Å². The molecule has 0 saturated carbocycles. The third-order valence-corrected chi connectivity index (χ3v) is 5.95. The van der Waals surface area contributed by atoms with Gasteiger partial charge in [0.1, 0.15) is 0 Å². The van der Waals surface area contributed by atoms with E-state index in [1.165, 1.54) is 25.6 Å². The first kappa shape index (κ1) is 19.9. The number of carbonyl (C=O) groups is 2. The van der Waals surface area contributed by atoms with Crippen LogP contribution in [0.4, 0.5) is 0 Å². The van der Waals surface area contributed by atoms with Gasteiger partial charge >= 0.3 is 11.9 Å². The van der Waals surface area contributed by atoms with Crippen LogP contribution < -0.4 is 5.32 Å². The van der Waals surface area contributed by atoms with Crippen molar-refractivity contribution in [2.75, 3.05) is 14.2 Å². The van der Waals surface area contributed by atoms with Crippen molar-refractivity contribution in [1.29, 1.82) is 0 Å². The number of thiazole rings is 1.